The zero-order valence-electron chi connectivity index (χ0n) is 7.92. The molecule has 0 bridgehead atoms. The second-order valence-electron chi connectivity index (χ2n) is 3.12. The summed E-state index contributed by atoms with van der Waals surface area (Å²) in [6, 6.07) is 3.00. The third kappa shape index (κ3) is 3.02. The van der Waals surface area contributed by atoms with Gasteiger partial charge in [-0.2, -0.15) is 0 Å². The second kappa shape index (κ2) is 5.53. The molecule has 13 heavy (non-hydrogen) atoms. The Balaban J connectivity index is 2.36. The molecule has 1 unspecified atom stereocenters. The van der Waals surface area contributed by atoms with Gasteiger partial charge in [0.1, 0.15) is 0 Å². The van der Waals surface area contributed by atoms with Crippen LogP contribution in [-0.4, -0.2) is 30.1 Å². The summed E-state index contributed by atoms with van der Waals surface area (Å²) in [5, 5.41) is 0. The molecule has 0 aromatic heterocycles. The highest BCUT2D eigenvalue weighted by Gasteiger charge is 2.21. The number of carbonyl (C=O) groups excluding carboxylic acids is 1. The summed E-state index contributed by atoms with van der Waals surface area (Å²) in [5.74, 6) is 2.87. The first-order chi connectivity index (χ1) is 6.38. The minimum Gasteiger partial charge on any atom is -0.300 e. The van der Waals surface area contributed by atoms with Gasteiger partial charge in [0, 0.05) is 18.5 Å². The fourth-order valence-corrected chi connectivity index (χ4v) is 1.77. The molecule has 0 radical (unpaired) electrons. The molecule has 1 atom stereocenters. The molecule has 1 rings (SSSR count). The number of aliphatic imine (C=N–C) groups is 1. The number of rotatable bonds is 2. The molecule has 1 fully saturated rings. The van der Waals surface area contributed by atoms with Crippen LogP contribution in [0.1, 0.15) is 26.2 Å². The van der Waals surface area contributed by atoms with E-state index in [1.807, 2.05) is 0 Å². The van der Waals surface area contributed by atoms with Crippen molar-refractivity contribution in [3.05, 3.63) is 0 Å². The molecule has 0 N–H and O–H groups in total. The average molecular weight is 178 g/mol. The van der Waals surface area contributed by atoms with Crippen LogP contribution in [0, 0.1) is 12.0 Å². The largest absolute Gasteiger partial charge is 0.300 e. The zero-order valence-corrected chi connectivity index (χ0v) is 7.92. The zero-order chi connectivity index (χ0) is 9.52. The molecule has 3 nitrogen and oxygen atoms in total. The fourth-order valence-electron chi connectivity index (χ4n) is 1.77. The first-order valence-electron chi connectivity index (χ1n) is 4.67. The van der Waals surface area contributed by atoms with Crippen molar-refractivity contribution >= 4 is 6.08 Å². The van der Waals surface area contributed by atoms with Crippen LogP contribution in [0.3, 0.4) is 0 Å². The number of hydrogen-bond acceptors (Lipinski definition) is 3. The predicted octanol–water partition coefficient (Wildman–Crippen LogP) is 1.16. The number of nitrogens with zero attached hydrogens (tertiary/aromatic N) is 2. The van der Waals surface area contributed by atoms with E-state index in [0.717, 1.165) is 13.0 Å². The molecule has 1 aliphatic rings. The average Bonchev–Trinajstić information content (AvgIpc) is 2.60. The van der Waals surface area contributed by atoms with Crippen molar-refractivity contribution in [2.24, 2.45) is 4.99 Å². The van der Waals surface area contributed by atoms with Crippen LogP contribution >= 0.6 is 0 Å². The smallest absolute Gasteiger partial charge is 0.249 e. The summed E-state index contributed by atoms with van der Waals surface area (Å²) in [6.45, 7) is 4.43. The Kier molecular flexibility index (Phi) is 4.25. The lowest BCUT2D eigenvalue weighted by atomic mass is 10.1. The van der Waals surface area contributed by atoms with Crippen molar-refractivity contribution in [3.63, 3.8) is 0 Å². The van der Waals surface area contributed by atoms with Crippen molar-refractivity contribution in [3.8, 4) is 12.0 Å². The van der Waals surface area contributed by atoms with E-state index in [4.69, 9.17) is 0 Å². The minimum absolute atomic E-state index is 0.569. The Morgan fingerprint density at radius 3 is 3.15 bits per heavy atom. The lowest BCUT2D eigenvalue weighted by Crippen LogP contribution is -2.28. The van der Waals surface area contributed by atoms with Crippen molar-refractivity contribution in [2.75, 3.05) is 13.1 Å². The molecule has 0 saturated carbocycles. The van der Waals surface area contributed by atoms with Gasteiger partial charge in [0.15, 0.2) is 0 Å². The van der Waals surface area contributed by atoms with Crippen LogP contribution in [0.4, 0.5) is 0 Å². The SMILES string of the molecule is CCN1CCCC1CC#CN=C=O. The highest BCUT2D eigenvalue weighted by molar-refractivity contribution is 5.36. The van der Waals surface area contributed by atoms with Crippen molar-refractivity contribution in [1.82, 2.24) is 4.90 Å². The Hall–Kier alpha value is -1.10. The summed E-state index contributed by atoms with van der Waals surface area (Å²) in [7, 11) is 0. The van der Waals surface area contributed by atoms with Gasteiger partial charge in [-0.05, 0) is 25.9 Å². The van der Waals surface area contributed by atoms with E-state index in [1.54, 1.807) is 0 Å². The van der Waals surface area contributed by atoms with Crippen LogP contribution in [0.25, 0.3) is 0 Å². The molecule has 1 aliphatic heterocycles. The fraction of sp³-hybridized carbons (Fsp3) is 0.700. The Labute approximate surface area is 78.8 Å². The molecule has 0 aromatic carbocycles. The molecule has 3 heteroatoms. The summed E-state index contributed by atoms with van der Waals surface area (Å²) in [5.41, 5.74) is 0. The normalized spacial score (nSPS) is 21.8. The lowest BCUT2D eigenvalue weighted by Gasteiger charge is -2.19. The van der Waals surface area contributed by atoms with Crippen molar-refractivity contribution < 1.29 is 4.79 Å². The first kappa shape index (κ1) is 9.98. The van der Waals surface area contributed by atoms with E-state index in [9.17, 15) is 4.79 Å². The maximum absolute atomic E-state index is 9.72. The van der Waals surface area contributed by atoms with Gasteiger partial charge in [0.25, 0.3) is 0 Å². The van der Waals surface area contributed by atoms with E-state index in [1.165, 1.54) is 25.5 Å². The molecule has 1 saturated heterocycles. The summed E-state index contributed by atoms with van der Waals surface area (Å²) in [6.07, 6.45) is 4.70. The van der Waals surface area contributed by atoms with E-state index < -0.39 is 0 Å². The minimum atomic E-state index is 0.569. The van der Waals surface area contributed by atoms with Gasteiger partial charge in [-0.15, -0.1) is 4.99 Å². The Morgan fingerprint density at radius 1 is 1.62 bits per heavy atom. The molecule has 1 heterocycles. The predicted molar refractivity (Wildman–Crippen MR) is 50.8 cm³/mol. The topological polar surface area (TPSA) is 32.7 Å². The molecular formula is C10H14N2O. The van der Waals surface area contributed by atoms with Gasteiger partial charge >= 0.3 is 0 Å². The Morgan fingerprint density at radius 2 is 2.46 bits per heavy atom. The van der Waals surface area contributed by atoms with Crippen molar-refractivity contribution in [2.45, 2.75) is 32.2 Å². The van der Waals surface area contributed by atoms with Gasteiger partial charge in [0.05, 0.1) is 0 Å². The molecule has 70 valence electrons. The quantitative estimate of drug-likeness (QED) is 0.361. The molecule has 0 aliphatic carbocycles. The van der Waals surface area contributed by atoms with Crippen LogP contribution in [0.5, 0.6) is 0 Å². The first-order valence-corrected chi connectivity index (χ1v) is 4.67. The highest BCUT2D eigenvalue weighted by atomic mass is 16.1. The van der Waals surface area contributed by atoms with Crippen LogP contribution in [0.15, 0.2) is 4.99 Å². The van der Waals surface area contributed by atoms with Crippen LogP contribution < -0.4 is 0 Å². The maximum Gasteiger partial charge on any atom is 0.249 e. The molecule has 0 aromatic rings. The monoisotopic (exact) mass is 178 g/mol. The van der Waals surface area contributed by atoms with E-state index in [0.29, 0.717) is 6.04 Å². The lowest BCUT2D eigenvalue weighted by molar-refractivity contribution is 0.271. The van der Waals surface area contributed by atoms with Crippen molar-refractivity contribution in [1.29, 1.82) is 0 Å². The van der Waals surface area contributed by atoms with Gasteiger partial charge in [-0.3, -0.25) is 4.90 Å². The van der Waals surface area contributed by atoms with E-state index >= 15 is 0 Å². The summed E-state index contributed by atoms with van der Waals surface area (Å²) < 4.78 is 0. The van der Waals surface area contributed by atoms with E-state index in [2.05, 4.69) is 28.8 Å². The second-order valence-corrected chi connectivity index (χ2v) is 3.12. The third-order valence-corrected chi connectivity index (χ3v) is 2.42. The molecule has 0 amide bonds. The summed E-state index contributed by atoms with van der Waals surface area (Å²) in [4.78, 5) is 15.3. The van der Waals surface area contributed by atoms with Crippen LogP contribution in [0.2, 0.25) is 0 Å². The summed E-state index contributed by atoms with van der Waals surface area (Å²) >= 11 is 0. The van der Waals surface area contributed by atoms with E-state index in [-0.39, 0.29) is 0 Å². The van der Waals surface area contributed by atoms with Gasteiger partial charge < -0.3 is 0 Å². The molecule has 0 spiro atoms. The van der Waals surface area contributed by atoms with Gasteiger partial charge in [-0.1, -0.05) is 12.8 Å². The van der Waals surface area contributed by atoms with Crippen LogP contribution in [-0.2, 0) is 4.79 Å². The molecular weight excluding hydrogens is 164 g/mol. The number of likely N-dealkylation sites (tertiary alicyclic amines) is 1. The third-order valence-electron chi connectivity index (χ3n) is 2.42. The standard InChI is InChI=1S/C10H14N2O/c1-2-12-8-4-6-10(12)5-3-7-11-9-13/h10H,2,4-6,8H2,1H3. The Bertz CT molecular complexity index is 258. The maximum atomic E-state index is 9.72. The van der Waals surface area contributed by atoms with Gasteiger partial charge in [0.2, 0.25) is 6.08 Å². The number of isocyanates is 1. The number of hydrogen-bond donors (Lipinski definition) is 0. The van der Waals surface area contributed by atoms with Gasteiger partial charge in [-0.25, -0.2) is 4.79 Å². The highest BCUT2D eigenvalue weighted by Crippen LogP contribution is 2.18.